The summed E-state index contributed by atoms with van der Waals surface area (Å²) in [7, 11) is -3.63. The van der Waals surface area contributed by atoms with Crippen molar-refractivity contribution in [2.75, 3.05) is 13.3 Å². The summed E-state index contributed by atoms with van der Waals surface area (Å²) in [6.07, 6.45) is -0.894. The summed E-state index contributed by atoms with van der Waals surface area (Å²) in [5, 5.41) is 12.8. The van der Waals surface area contributed by atoms with E-state index in [2.05, 4.69) is 10.1 Å². The Kier molecular flexibility index (Phi) is 4.04. The van der Waals surface area contributed by atoms with Gasteiger partial charge in [0.25, 0.3) is 5.82 Å². The van der Waals surface area contributed by atoms with Gasteiger partial charge in [0.05, 0.1) is 6.61 Å². The number of nitrogens with zero attached hydrogens (tertiary/aromatic N) is 4. The van der Waals surface area contributed by atoms with E-state index in [9.17, 15) is 9.46 Å². The van der Waals surface area contributed by atoms with Crippen molar-refractivity contribution in [3.8, 4) is 6.07 Å². The Morgan fingerprint density at radius 3 is 2.83 bits per heavy atom. The number of hydrogen-bond donors (Lipinski definition) is 1. The number of hydrogen-bond acceptors (Lipinski definition) is 8. The zero-order chi connectivity index (χ0) is 16.8. The topological polar surface area (TPSA) is 129 Å². The molecule has 0 aromatic carbocycles. The number of rotatable bonds is 4. The molecule has 2 unspecified atom stereocenters. The zero-order valence-corrected chi connectivity index (χ0v) is 13.7. The molecule has 126 valence electrons. The van der Waals surface area contributed by atoms with Crippen molar-refractivity contribution in [2.45, 2.75) is 44.2 Å². The summed E-state index contributed by atoms with van der Waals surface area (Å²) in [5.74, 6) is -0.819. The quantitative estimate of drug-likeness (QED) is 0.771. The molecular formula is C12H17N4O6P. The Morgan fingerprint density at radius 1 is 1.52 bits per heavy atom. The molecule has 0 bridgehead atoms. The lowest BCUT2D eigenvalue weighted by Gasteiger charge is -2.24. The fraction of sp³-hybridized carbons (Fsp3) is 0.750. The lowest BCUT2D eigenvalue weighted by molar-refractivity contribution is -0.200. The maximum absolute atomic E-state index is 11.3. The minimum atomic E-state index is -3.63. The first kappa shape index (κ1) is 16.5. The summed E-state index contributed by atoms with van der Waals surface area (Å²) in [6, 6.07) is 1.84. The first-order chi connectivity index (χ1) is 10.7. The van der Waals surface area contributed by atoms with E-state index < -0.39 is 37.9 Å². The van der Waals surface area contributed by atoms with Crippen molar-refractivity contribution in [1.29, 1.82) is 5.26 Å². The molecular weight excluding hydrogens is 327 g/mol. The Labute approximate surface area is 132 Å². The fourth-order valence-electron chi connectivity index (χ4n) is 2.67. The largest absolute Gasteiger partial charge is 0.345 e. The molecule has 2 aliphatic rings. The van der Waals surface area contributed by atoms with Crippen LogP contribution < -0.4 is 0 Å². The van der Waals surface area contributed by atoms with Crippen molar-refractivity contribution in [3.05, 3.63) is 12.2 Å². The van der Waals surface area contributed by atoms with Crippen molar-refractivity contribution >= 4 is 7.60 Å². The van der Waals surface area contributed by atoms with Gasteiger partial charge in [0.2, 0.25) is 0 Å². The van der Waals surface area contributed by atoms with Crippen LogP contribution in [-0.4, -0.2) is 57.0 Å². The van der Waals surface area contributed by atoms with Gasteiger partial charge in [0.15, 0.2) is 12.0 Å². The highest BCUT2D eigenvalue weighted by molar-refractivity contribution is 7.51. The Morgan fingerprint density at radius 2 is 2.22 bits per heavy atom. The minimum absolute atomic E-state index is 0.0106. The molecule has 0 spiro atoms. The molecule has 10 nitrogen and oxygen atoms in total. The van der Waals surface area contributed by atoms with Crippen LogP contribution in [0.2, 0.25) is 0 Å². The van der Waals surface area contributed by atoms with E-state index in [0.717, 1.165) is 6.66 Å². The second-order valence-corrected chi connectivity index (χ2v) is 7.75. The van der Waals surface area contributed by atoms with Crippen molar-refractivity contribution in [2.24, 2.45) is 0 Å². The van der Waals surface area contributed by atoms with Gasteiger partial charge in [-0.1, -0.05) is 0 Å². The number of aromatic nitrogens is 3. The van der Waals surface area contributed by atoms with E-state index in [1.54, 1.807) is 13.8 Å². The molecule has 23 heavy (non-hydrogen) atoms. The van der Waals surface area contributed by atoms with Crippen molar-refractivity contribution in [1.82, 2.24) is 14.8 Å². The van der Waals surface area contributed by atoms with E-state index in [1.165, 1.54) is 11.0 Å². The number of ether oxygens (including phenoxy) is 3. The SMILES string of the molecule is CC1(C)OC2[C@@H](O1)[C@@H](COP(C)(=O)O)O[C@H]2n1cnc(C#N)n1. The molecule has 3 heterocycles. The molecule has 1 aromatic heterocycles. The predicted molar refractivity (Wildman–Crippen MR) is 74.2 cm³/mol. The van der Waals surface area contributed by atoms with Crippen LogP contribution in [0.25, 0.3) is 0 Å². The molecule has 2 saturated heterocycles. The maximum atomic E-state index is 11.3. The highest BCUT2D eigenvalue weighted by Gasteiger charge is 2.56. The Hall–Kier alpha value is -1.34. The Balaban J connectivity index is 1.81. The van der Waals surface area contributed by atoms with Gasteiger partial charge in [-0.2, -0.15) is 5.26 Å². The van der Waals surface area contributed by atoms with E-state index in [-0.39, 0.29) is 12.4 Å². The molecule has 5 atom stereocenters. The molecule has 0 saturated carbocycles. The molecule has 1 N–H and O–H groups in total. The highest BCUT2D eigenvalue weighted by atomic mass is 31.2. The first-order valence-corrected chi connectivity index (χ1v) is 8.98. The summed E-state index contributed by atoms with van der Waals surface area (Å²) >= 11 is 0. The molecule has 0 amide bonds. The van der Waals surface area contributed by atoms with E-state index in [0.29, 0.717) is 0 Å². The third-order valence-corrected chi connectivity index (χ3v) is 4.10. The van der Waals surface area contributed by atoms with E-state index in [4.69, 9.17) is 24.0 Å². The average molecular weight is 344 g/mol. The zero-order valence-electron chi connectivity index (χ0n) is 12.8. The second kappa shape index (κ2) is 5.63. The van der Waals surface area contributed by atoms with E-state index in [1.807, 2.05) is 6.07 Å². The second-order valence-electron chi connectivity index (χ2n) is 5.89. The average Bonchev–Trinajstić information content (AvgIpc) is 3.08. The van der Waals surface area contributed by atoms with Gasteiger partial charge in [-0.25, -0.2) is 9.67 Å². The molecule has 3 rings (SSSR count). The molecule has 0 radical (unpaired) electrons. The minimum Gasteiger partial charge on any atom is -0.345 e. The first-order valence-electron chi connectivity index (χ1n) is 6.96. The normalized spacial score (nSPS) is 34.7. The third kappa shape index (κ3) is 3.45. The van der Waals surface area contributed by atoms with Crippen LogP contribution in [0.3, 0.4) is 0 Å². The van der Waals surface area contributed by atoms with Gasteiger partial charge < -0.3 is 23.6 Å². The third-order valence-electron chi connectivity index (χ3n) is 3.47. The molecule has 1 aromatic rings. The van der Waals surface area contributed by atoms with Gasteiger partial charge in [-0.3, -0.25) is 4.57 Å². The summed E-state index contributed by atoms with van der Waals surface area (Å²) in [5.41, 5.74) is 0. The number of fused-ring (bicyclic) bond motifs is 1. The monoisotopic (exact) mass is 344 g/mol. The maximum Gasteiger partial charge on any atom is 0.325 e. The number of nitriles is 1. The van der Waals surface area contributed by atoms with Gasteiger partial charge >= 0.3 is 7.60 Å². The van der Waals surface area contributed by atoms with Gasteiger partial charge in [0, 0.05) is 6.66 Å². The molecule has 11 heteroatoms. The predicted octanol–water partition coefficient (Wildman–Crippen LogP) is 0.399. The highest BCUT2D eigenvalue weighted by Crippen LogP contribution is 2.44. The lowest BCUT2D eigenvalue weighted by atomic mass is 10.1. The van der Waals surface area contributed by atoms with Crippen LogP contribution in [0, 0.1) is 11.3 Å². The lowest BCUT2D eigenvalue weighted by Crippen LogP contribution is -2.32. The standard InChI is InChI=1S/C12H17N4O6P/c1-12(2)21-9-7(5-19-23(3,17)18)20-11(10(9)22-12)16-6-14-8(4-13)15-16/h6-7,9-11H,5H2,1-3H3,(H,17,18)/t7-,9+,10?,11-/m1/s1. The summed E-state index contributed by atoms with van der Waals surface area (Å²) in [6.45, 7) is 4.50. The molecule has 0 aliphatic carbocycles. The van der Waals surface area contributed by atoms with Crippen LogP contribution in [0.4, 0.5) is 0 Å². The summed E-state index contributed by atoms with van der Waals surface area (Å²) < 4.78 is 35.1. The van der Waals surface area contributed by atoms with E-state index >= 15 is 0 Å². The fourth-order valence-corrected chi connectivity index (χ4v) is 3.09. The van der Waals surface area contributed by atoms with Crippen molar-refractivity contribution in [3.63, 3.8) is 0 Å². The van der Waals surface area contributed by atoms with Crippen LogP contribution in [0.15, 0.2) is 6.33 Å². The smallest absolute Gasteiger partial charge is 0.325 e. The van der Waals surface area contributed by atoms with Crippen LogP contribution in [-0.2, 0) is 23.3 Å². The van der Waals surface area contributed by atoms with Crippen LogP contribution in [0.1, 0.15) is 25.9 Å². The molecule has 2 aliphatic heterocycles. The van der Waals surface area contributed by atoms with Crippen LogP contribution >= 0.6 is 7.60 Å². The summed E-state index contributed by atoms with van der Waals surface area (Å²) in [4.78, 5) is 13.1. The van der Waals surface area contributed by atoms with Crippen molar-refractivity contribution < 1.29 is 28.2 Å². The van der Waals surface area contributed by atoms with Gasteiger partial charge in [0.1, 0.15) is 30.7 Å². The van der Waals surface area contributed by atoms with Gasteiger partial charge in [-0.05, 0) is 13.8 Å². The van der Waals surface area contributed by atoms with Crippen LogP contribution in [0.5, 0.6) is 0 Å². The van der Waals surface area contributed by atoms with Gasteiger partial charge in [-0.15, -0.1) is 5.10 Å². The Bertz CT molecular complexity index is 679. The molecule has 2 fully saturated rings.